The standard InChI is InChI=1S/C6H14FNO4/c1-12-8-3-5(10)6(11)4(9)2-7/h4-6,8-11H,2-3H2,1H3/t4-,5+,6-/m1/s1. The predicted molar refractivity (Wildman–Crippen MR) is 39.0 cm³/mol. The van der Waals surface area contributed by atoms with Gasteiger partial charge in [-0.15, -0.1) is 0 Å². The van der Waals surface area contributed by atoms with Crippen LogP contribution >= 0.6 is 0 Å². The first-order valence-electron chi connectivity index (χ1n) is 3.49. The fourth-order valence-corrected chi connectivity index (χ4v) is 0.637. The van der Waals surface area contributed by atoms with Crippen molar-refractivity contribution in [1.29, 1.82) is 0 Å². The van der Waals surface area contributed by atoms with Crippen molar-refractivity contribution in [2.75, 3.05) is 20.3 Å². The van der Waals surface area contributed by atoms with Gasteiger partial charge in [0.15, 0.2) is 0 Å². The zero-order valence-corrected chi connectivity index (χ0v) is 6.77. The molecule has 3 atom stereocenters. The van der Waals surface area contributed by atoms with E-state index in [1.54, 1.807) is 0 Å². The van der Waals surface area contributed by atoms with E-state index in [0.717, 1.165) is 0 Å². The van der Waals surface area contributed by atoms with Gasteiger partial charge in [-0.3, -0.25) is 0 Å². The highest BCUT2D eigenvalue weighted by Crippen LogP contribution is 1.99. The molecular weight excluding hydrogens is 169 g/mol. The summed E-state index contributed by atoms with van der Waals surface area (Å²) in [4.78, 5) is 4.38. The number of rotatable bonds is 6. The van der Waals surface area contributed by atoms with E-state index in [4.69, 9.17) is 15.3 Å². The first kappa shape index (κ1) is 11.7. The van der Waals surface area contributed by atoms with Gasteiger partial charge >= 0.3 is 0 Å². The Morgan fingerprint density at radius 3 is 2.33 bits per heavy atom. The van der Waals surface area contributed by atoms with Crippen molar-refractivity contribution in [3.8, 4) is 0 Å². The SMILES string of the molecule is CONC[C@H](O)[C@H](O)[C@H](O)CF. The first-order valence-corrected chi connectivity index (χ1v) is 3.49. The zero-order chi connectivity index (χ0) is 9.56. The Morgan fingerprint density at radius 1 is 1.33 bits per heavy atom. The van der Waals surface area contributed by atoms with Gasteiger partial charge in [0.05, 0.1) is 13.2 Å². The summed E-state index contributed by atoms with van der Waals surface area (Å²) in [5, 5.41) is 26.8. The smallest absolute Gasteiger partial charge is 0.118 e. The van der Waals surface area contributed by atoms with E-state index in [0.29, 0.717) is 0 Å². The summed E-state index contributed by atoms with van der Waals surface area (Å²) in [6, 6.07) is 0. The van der Waals surface area contributed by atoms with Crippen LogP contribution in [0.2, 0.25) is 0 Å². The summed E-state index contributed by atoms with van der Waals surface area (Å²) >= 11 is 0. The minimum atomic E-state index is -1.56. The Morgan fingerprint density at radius 2 is 1.92 bits per heavy atom. The van der Waals surface area contributed by atoms with E-state index in [2.05, 4.69) is 10.3 Å². The van der Waals surface area contributed by atoms with E-state index in [9.17, 15) is 4.39 Å². The predicted octanol–water partition coefficient (Wildman–Crippen LogP) is -1.81. The zero-order valence-electron chi connectivity index (χ0n) is 6.77. The van der Waals surface area contributed by atoms with E-state index < -0.39 is 25.0 Å². The summed E-state index contributed by atoms with van der Waals surface area (Å²) in [6.07, 6.45) is -4.31. The molecule has 0 saturated carbocycles. The molecule has 0 heterocycles. The van der Waals surface area contributed by atoms with E-state index in [-0.39, 0.29) is 6.54 Å². The van der Waals surface area contributed by atoms with Gasteiger partial charge in [0.1, 0.15) is 18.9 Å². The number of hydrogen-bond acceptors (Lipinski definition) is 5. The maximum absolute atomic E-state index is 11.7. The number of hydrogen-bond donors (Lipinski definition) is 4. The molecule has 0 saturated heterocycles. The lowest BCUT2D eigenvalue weighted by Crippen LogP contribution is -2.43. The van der Waals surface area contributed by atoms with Crippen molar-refractivity contribution in [2.24, 2.45) is 0 Å². The molecule has 0 aliphatic heterocycles. The fourth-order valence-electron chi connectivity index (χ4n) is 0.637. The molecule has 0 aromatic carbocycles. The van der Waals surface area contributed by atoms with Gasteiger partial charge in [-0.2, -0.15) is 0 Å². The molecule has 0 spiro atoms. The monoisotopic (exact) mass is 183 g/mol. The summed E-state index contributed by atoms with van der Waals surface area (Å²) in [6.45, 7) is -1.17. The van der Waals surface area contributed by atoms with Crippen LogP contribution in [0.1, 0.15) is 0 Å². The topological polar surface area (TPSA) is 82.0 Å². The van der Waals surface area contributed by atoms with Gasteiger partial charge in [0, 0.05) is 6.54 Å². The second-order valence-electron chi connectivity index (χ2n) is 2.33. The summed E-state index contributed by atoms with van der Waals surface area (Å²) < 4.78 is 11.7. The lowest BCUT2D eigenvalue weighted by molar-refractivity contribution is -0.0769. The molecule has 12 heavy (non-hydrogen) atoms. The van der Waals surface area contributed by atoms with Gasteiger partial charge in [-0.1, -0.05) is 0 Å². The van der Waals surface area contributed by atoms with Crippen LogP contribution in [0.25, 0.3) is 0 Å². The van der Waals surface area contributed by atoms with Crippen LogP contribution in [-0.4, -0.2) is 54.0 Å². The molecule has 0 bridgehead atoms. The molecule has 0 aromatic rings. The minimum absolute atomic E-state index is 0.0747. The maximum atomic E-state index is 11.7. The third kappa shape index (κ3) is 3.93. The third-order valence-corrected chi connectivity index (χ3v) is 1.38. The Bertz CT molecular complexity index is 116. The maximum Gasteiger partial charge on any atom is 0.118 e. The number of halogens is 1. The summed E-state index contributed by atoms with van der Waals surface area (Å²) in [5.41, 5.74) is 2.26. The molecule has 5 nitrogen and oxygen atoms in total. The lowest BCUT2D eigenvalue weighted by Gasteiger charge is -2.20. The van der Waals surface area contributed by atoms with Gasteiger partial charge in [-0.05, 0) is 0 Å². The Kier molecular flexibility index (Phi) is 6.13. The second kappa shape index (κ2) is 6.27. The molecule has 74 valence electrons. The molecule has 0 radical (unpaired) electrons. The van der Waals surface area contributed by atoms with E-state index >= 15 is 0 Å². The average molecular weight is 183 g/mol. The largest absolute Gasteiger partial charge is 0.389 e. The van der Waals surface area contributed by atoms with Crippen LogP contribution in [-0.2, 0) is 4.84 Å². The molecule has 0 amide bonds. The molecule has 4 N–H and O–H groups in total. The minimum Gasteiger partial charge on any atom is -0.389 e. The normalized spacial score (nSPS) is 18.8. The Labute approximate surface area is 69.7 Å². The average Bonchev–Trinajstić information content (AvgIpc) is 2.11. The van der Waals surface area contributed by atoms with E-state index in [1.165, 1.54) is 7.11 Å². The Hall–Kier alpha value is -0.270. The molecule has 0 rings (SSSR count). The quantitative estimate of drug-likeness (QED) is 0.365. The van der Waals surface area contributed by atoms with Crippen LogP contribution in [0.15, 0.2) is 0 Å². The van der Waals surface area contributed by atoms with Gasteiger partial charge in [0.25, 0.3) is 0 Å². The van der Waals surface area contributed by atoms with Crippen molar-refractivity contribution >= 4 is 0 Å². The number of aliphatic hydroxyl groups excluding tert-OH is 3. The number of hydroxylamine groups is 1. The summed E-state index contributed by atoms with van der Waals surface area (Å²) in [5.74, 6) is 0. The molecule has 0 aliphatic carbocycles. The van der Waals surface area contributed by atoms with Crippen LogP contribution < -0.4 is 5.48 Å². The molecule has 0 fully saturated rings. The number of nitrogens with one attached hydrogen (secondary N) is 1. The summed E-state index contributed by atoms with van der Waals surface area (Å²) in [7, 11) is 1.34. The molecular formula is C6H14FNO4. The highest BCUT2D eigenvalue weighted by molar-refractivity contribution is 4.75. The first-order chi connectivity index (χ1) is 5.63. The van der Waals surface area contributed by atoms with Crippen molar-refractivity contribution < 1.29 is 24.5 Å². The van der Waals surface area contributed by atoms with Crippen LogP contribution in [0.3, 0.4) is 0 Å². The van der Waals surface area contributed by atoms with Crippen LogP contribution in [0.5, 0.6) is 0 Å². The molecule has 0 aromatic heterocycles. The molecule has 0 aliphatic rings. The fraction of sp³-hybridized carbons (Fsp3) is 1.00. The van der Waals surface area contributed by atoms with E-state index in [1.807, 2.05) is 0 Å². The lowest BCUT2D eigenvalue weighted by atomic mass is 10.1. The molecule has 6 heteroatoms. The highest BCUT2D eigenvalue weighted by atomic mass is 19.1. The number of aliphatic hydroxyl groups is 3. The Balaban J connectivity index is 3.67. The van der Waals surface area contributed by atoms with Gasteiger partial charge in [0.2, 0.25) is 0 Å². The van der Waals surface area contributed by atoms with Crippen molar-refractivity contribution in [2.45, 2.75) is 18.3 Å². The van der Waals surface area contributed by atoms with Gasteiger partial charge < -0.3 is 20.2 Å². The number of alkyl halides is 1. The van der Waals surface area contributed by atoms with Crippen molar-refractivity contribution in [1.82, 2.24) is 5.48 Å². The molecule has 0 unspecified atom stereocenters. The van der Waals surface area contributed by atoms with Crippen LogP contribution in [0, 0.1) is 0 Å². The van der Waals surface area contributed by atoms with Gasteiger partial charge in [-0.25, -0.2) is 9.87 Å². The second-order valence-corrected chi connectivity index (χ2v) is 2.33. The highest BCUT2D eigenvalue weighted by Gasteiger charge is 2.23. The van der Waals surface area contributed by atoms with Crippen LogP contribution in [0.4, 0.5) is 4.39 Å². The third-order valence-electron chi connectivity index (χ3n) is 1.38. The van der Waals surface area contributed by atoms with Crippen molar-refractivity contribution in [3.05, 3.63) is 0 Å². The van der Waals surface area contributed by atoms with Crippen molar-refractivity contribution in [3.63, 3.8) is 0 Å².